The van der Waals surface area contributed by atoms with Crippen molar-refractivity contribution in [1.82, 2.24) is 4.90 Å². The second-order valence-electron chi connectivity index (χ2n) is 5.95. The molecule has 0 aliphatic heterocycles. The van der Waals surface area contributed by atoms with Gasteiger partial charge in [-0.3, -0.25) is 4.79 Å². The zero-order valence-electron chi connectivity index (χ0n) is 13.8. The summed E-state index contributed by atoms with van der Waals surface area (Å²) in [5.41, 5.74) is 11.3. The molecule has 1 amide bonds. The lowest BCUT2D eigenvalue weighted by atomic mass is 10.0. The third kappa shape index (κ3) is 3.49. The molecule has 0 aliphatic rings. The zero-order chi connectivity index (χ0) is 17.1. The second kappa shape index (κ2) is 6.89. The predicted molar refractivity (Wildman–Crippen MR) is 102 cm³/mol. The second-order valence-corrected chi connectivity index (χ2v) is 7.03. The van der Waals surface area contributed by atoms with Gasteiger partial charge in [-0.2, -0.15) is 0 Å². The van der Waals surface area contributed by atoms with E-state index in [-0.39, 0.29) is 0 Å². The number of nitrogens with two attached hydrogens (primary N) is 1. The SMILES string of the molecule is Cc1ccc(-c2ccc(-c3cccc(N)c3)s2)cc1CN(C)C=O. The van der Waals surface area contributed by atoms with Crippen LogP contribution in [0.15, 0.2) is 54.6 Å². The average molecular weight is 336 g/mol. The molecule has 0 fully saturated rings. The molecular weight excluding hydrogens is 316 g/mol. The summed E-state index contributed by atoms with van der Waals surface area (Å²) < 4.78 is 0. The molecular formula is C20H20N2OS. The van der Waals surface area contributed by atoms with E-state index in [1.807, 2.05) is 18.2 Å². The van der Waals surface area contributed by atoms with Gasteiger partial charge in [0.1, 0.15) is 0 Å². The van der Waals surface area contributed by atoms with E-state index in [2.05, 4.69) is 43.3 Å². The van der Waals surface area contributed by atoms with Gasteiger partial charge in [-0.05, 0) is 59.5 Å². The number of rotatable bonds is 5. The van der Waals surface area contributed by atoms with Crippen molar-refractivity contribution in [2.75, 3.05) is 12.8 Å². The minimum Gasteiger partial charge on any atom is -0.399 e. The summed E-state index contributed by atoms with van der Waals surface area (Å²) in [6.07, 6.45) is 0.856. The molecule has 2 N–H and O–H groups in total. The number of aryl methyl sites for hydroxylation is 1. The maximum absolute atomic E-state index is 10.9. The van der Waals surface area contributed by atoms with Crippen LogP contribution in [0.3, 0.4) is 0 Å². The Labute approximate surface area is 146 Å². The van der Waals surface area contributed by atoms with Crippen LogP contribution in [0.2, 0.25) is 0 Å². The number of hydrogen-bond acceptors (Lipinski definition) is 3. The lowest BCUT2D eigenvalue weighted by Crippen LogP contribution is -2.15. The summed E-state index contributed by atoms with van der Waals surface area (Å²) in [5.74, 6) is 0. The molecule has 0 unspecified atom stereocenters. The van der Waals surface area contributed by atoms with Gasteiger partial charge < -0.3 is 10.6 Å². The number of benzene rings is 2. The first-order valence-corrected chi connectivity index (χ1v) is 8.59. The van der Waals surface area contributed by atoms with Gasteiger partial charge in [0.05, 0.1) is 0 Å². The topological polar surface area (TPSA) is 46.3 Å². The van der Waals surface area contributed by atoms with E-state index >= 15 is 0 Å². The summed E-state index contributed by atoms with van der Waals surface area (Å²) in [7, 11) is 1.79. The highest BCUT2D eigenvalue weighted by Gasteiger charge is 2.08. The standard InChI is InChI=1S/C20H20N2OS/c1-14-6-7-16(10-17(14)12-22(2)13-23)20-9-8-19(24-20)15-4-3-5-18(21)11-15/h3-11,13H,12,21H2,1-2H3. The van der Waals surface area contributed by atoms with Crippen LogP contribution in [0, 0.1) is 6.92 Å². The van der Waals surface area contributed by atoms with Crippen molar-refractivity contribution < 1.29 is 4.79 Å². The molecule has 0 saturated heterocycles. The van der Waals surface area contributed by atoms with Crippen molar-refractivity contribution in [2.24, 2.45) is 0 Å². The van der Waals surface area contributed by atoms with Gasteiger partial charge in [0.25, 0.3) is 0 Å². The van der Waals surface area contributed by atoms with Crippen molar-refractivity contribution in [3.8, 4) is 20.9 Å². The first-order chi connectivity index (χ1) is 11.6. The molecule has 0 bridgehead atoms. The zero-order valence-corrected chi connectivity index (χ0v) is 14.6. The number of amides is 1. The van der Waals surface area contributed by atoms with E-state index in [1.54, 1.807) is 23.3 Å². The summed E-state index contributed by atoms with van der Waals surface area (Å²) in [4.78, 5) is 14.9. The van der Waals surface area contributed by atoms with E-state index in [0.29, 0.717) is 6.54 Å². The summed E-state index contributed by atoms with van der Waals surface area (Å²) in [5, 5.41) is 0. The number of anilines is 1. The van der Waals surface area contributed by atoms with E-state index in [0.717, 1.165) is 17.7 Å². The van der Waals surface area contributed by atoms with Crippen LogP contribution in [0.25, 0.3) is 20.9 Å². The average Bonchev–Trinajstić information content (AvgIpc) is 3.07. The van der Waals surface area contributed by atoms with E-state index < -0.39 is 0 Å². The molecule has 0 aliphatic carbocycles. The largest absolute Gasteiger partial charge is 0.399 e. The van der Waals surface area contributed by atoms with Crippen LogP contribution < -0.4 is 5.73 Å². The molecule has 0 radical (unpaired) electrons. The first kappa shape index (κ1) is 16.3. The van der Waals surface area contributed by atoms with Crippen LogP contribution >= 0.6 is 11.3 Å². The fourth-order valence-electron chi connectivity index (χ4n) is 2.64. The van der Waals surface area contributed by atoms with Gasteiger partial charge in [0.15, 0.2) is 0 Å². The van der Waals surface area contributed by atoms with Crippen molar-refractivity contribution in [3.05, 3.63) is 65.7 Å². The molecule has 3 rings (SSSR count). The number of nitrogens with zero attached hydrogens (tertiary/aromatic N) is 1. The Bertz CT molecular complexity index is 870. The Balaban J connectivity index is 1.92. The van der Waals surface area contributed by atoms with E-state index in [9.17, 15) is 4.79 Å². The van der Waals surface area contributed by atoms with Gasteiger partial charge in [-0.25, -0.2) is 0 Å². The molecule has 1 aromatic heterocycles. The number of hydrogen-bond donors (Lipinski definition) is 1. The first-order valence-electron chi connectivity index (χ1n) is 7.78. The highest BCUT2D eigenvalue weighted by atomic mass is 32.1. The third-order valence-electron chi connectivity index (χ3n) is 4.01. The number of carbonyl (C=O) groups is 1. The van der Waals surface area contributed by atoms with Gasteiger partial charge in [-0.1, -0.05) is 24.3 Å². The monoisotopic (exact) mass is 336 g/mol. The Morgan fingerprint density at radius 1 is 1.04 bits per heavy atom. The smallest absolute Gasteiger partial charge is 0.209 e. The molecule has 2 aromatic carbocycles. The highest BCUT2D eigenvalue weighted by Crippen LogP contribution is 2.35. The number of carbonyl (C=O) groups excluding carboxylic acids is 1. The highest BCUT2D eigenvalue weighted by molar-refractivity contribution is 7.18. The fraction of sp³-hybridized carbons (Fsp3) is 0.150. The fourth-order valence-corrected chi connectivity index (χ4v) is 3.64. The van der Waals surface area contributed by atoms with Crippen LogP contribution in [-0.4, -0.2) is 18.4 Å². The quantitative estimate of drug-likeness (QED) is 0.548. The van der Waals surface area contributed by atoms with E-state index in [4.69, 9.17) is 5.73 Å². The minimum absolute atomic E-state index is 0.622. The van der Waals surface area contributed by atoms with Gasteiger partial charge >= 0.3 is 0 Å². The Kier molecular flexibility index (Phi) is 4.67. The predicted octanol–water partition coefficient (Wildman–Crippen LogP) is 4.56. The summed E-state index contributed by atoms with van der Waals surface area (Å²) in [6, 6.07) is 18.6. The molecule has 3 aromatic rings. The number of thiophene rings is 1. The van der Waals surface area contributed by atoms with Crippen molar-refractivity contribution in [1.29, 1.82) is 0 Å². The molecule has 1 heterocycles. The Hall–Kier alpha value is -2.59. The molecule has 0 atom stereocenters. The maximum atomic E-state index is 10.9. The van der Waals surface area contributed by atoms with Crippen molar-refractivity contribution >= 4 is 23.4 Å². The summed E-state index contributed by atoms with van der Waals surface area (Å²) in [6.45, 7) is 2.70. The van der Waals surface area contributed by atoms with Crippen LogP contribution in [-0.2, 0) is 11.3 Å². The minimum atomic E-state index is 0.622. The Morgan fingerprint density at radius 3 is 2.42 bits per heavy atom. The normalized spacial score (nSPS) is 10.6. The lowest BCUT2D eigenvalue weighted by Gasteiger charge is -2.13. The molecule has 24 heavy (non-hydrogen) atoms. The molecule has 4 heteroatoms. The molecule has 0 spiro atoms. The van der Waals surface area contributed by atoms with Crippen LogP contribution in [0.5, 0.6) is 0 Å². The number of nitrogen functional groups attached to an aromatic ring is 1. The maximum Gasteiger partial charge on any atom is 0.209 e. The van der Waals surface area contributed by atoms with Crippen LogP contribution in [0.4, 0.5) is 5.69 Å². The third-order valence-corrected chi connectivity index (χ3v) is 5.19. The summed E-state index contributed by atoms with van der Waals surface area (Å²) >= 11 is 1.75. The van der Waals surface area contributed by atoms with Gasteiger partial charge in [0, 0.05) is 29.0 Å². The Morgan fingerprint density at radius 2 is 1.75 bits per heavy atom. The van der Waals surface area contributed by atoms with Crippen molar-refractivity contribution in [2.45, 2.75) is 13.5 Å². The van der Waals surface area contributed by atoms with Crippen LogP contribution in [0.1, 0.15) is 11.1 Å². The van der Waals surface area contributed by atoms with Crippen molar-refractivity contribution in [3.63, 3.8) is 0 Å². The lowest BCUT2D eigenvalue weighted by molar-refractivity contribution is -0.117. The van der Waals surface area contributed by atoms with Gasteiger partial charge in [-0.15, -0.1) is 11.3 Å². The molecule has 3 nitrogen and oxygen atoms in total. The van der Waals surface area contributed by atoms with Gasteiger partial charge in [0.2, 0.25) is 6.41 Å². The van der Waals surface area contributed by atoms with E-state index in [1.165, 1.54) is 26.4 Å². The molecule has 122 valence electrons. The molecule has 0 saturated carbocycles.